The van der Waals surface area contributed by atoms with Crippen LogP contribution in [0.2, 0.25) is 0 Å². The van der Waals surface area contributed by atoms with Crippen molar-refractivity contribution in [2.24, 2.45) is 5.41 Å². The average Bonchev–Trinajstić information content (AvgIpc) is 2.88. The van der Waals surface area contributed by atoms with E-state index < -0.39 is 0 Å². The third-order valence-corrected chi connectivity index (χ3v) is 7.10. The molecule has 0 fully saturated rings. The summed E-state index contributed by atoms with van der Waals surface area (Å²) in [6.07, 6.45) is 7.30. The summed E-state index contributed by atoms with van der Waals surface area (Å²) >= 11 is 1.84. The molecule has 0 amide bonds. The molecule has 1 heterocycles. The molecular formula is C24H30N2OS. The fourth-order valence-corrected chi connectivity index (χ4v) is 5.39. The summed E-state index contributed by atoms with van der Waals surface area (Å²) in [6.45, 7) is 5.48. The number of anilines is 2. The lowest BCUT2D eigenvalue weighted by Gasteiger charge is -2.37. The molecule has 0 unspecified atom stereocenters. The van der Waals surface area contributed by atoms with Gasteiger partial charge in [0.15, 0.2) is 0 Å². The maximum Gasteiger partial charge on any atom is 0.134 e. The van der Waals surface area contributed by atoms with Gasteiger partial charge in [-0.15, -0.1) is 11.8 Å². The predicted molar refractivity (Wildman–Crippen MR) is 118 cm³/mol. The zero-order valence-corrected chi connectivity index (χ0v) is 17.8. The third kappa shape index (κ3) is 4.47. The van der Waals surface area contributed by atoms with Crippen molar-refractivity contribution in [3.05, 3.63) is 48.0 Å². The molecule has 1 N–H and O–H groups in total. The summed E-state index contributed by atoms with van der Waals surface area (Å²) in [7, 11) is 0. The SMILES string of the molecule is CCCCC1(CCCC)CSc2cc(O)c(C#N)cc2N(c2ccccc2)C1. The molecule has 0 saturated carbocycles. The number of nitrogens with zero attached hydrogens (tertiary/aromatic N) is 2. The molecule has 0 saturated heterocycles. The highest BCUT2D eigenvalue weighted by Crippen LogP contribution is 2.48. The monoisotopic (exact) mass is 394 g/mol. The Morgan fingerprint density at radius 3 is 2.39 bits per heavy atom. The third-order valence-electron chi connectivity index (χ3n) is 5.71. The number of aromatic hydroxyl groups is 1. The molecule has 0 aromatic heterocycles. The van der Waals surface area contributed by atoms with Crippen LogP contribution in [0, 0.1) is 16.7 Å². The minimum Gasteiger partial charge on any atom is -0.507 e. The number of benzene rings is 2. The second kappa shape index (κ2) is 9.39. The molecule has 0 radical (unpaired) electrons. The van der Waals surface area contributed by atoms with E-state index in [4.69, 9.17) is 0 Å². The molecule has 3 nitrogen and oxygen atoms in total. The van der Waals surface area contributed by atoms with Crippen LogP contribution in [0.25, 0.3) is 0 Å². The van der Waals surface area contributed by atoms with Gasteiger partial charge in [0.25, 0.3) is 0 Å². The molecule has 0 bridgehead atoms. The van der Waals surface area contributed by atoms with Crippen LogP contribution >= 0.6 is 11.8 Å². The van der Waals surface area contributed by atoms with Gasteiger partial charge in [0.05, 0.1) is 11.3 Å². The quantitative estimate of drug-likeness (QED) is 0.556. The van der Waals surface area contributed by atoms with E-state index >= 15 is 0 Å². The molecule has 4 heteroatoms. The number of phenolic OH excluding ortho intramolecular Hbond substituents is 1. The second-order valence-electron chi connectivity index (χ2n) is 7.87. The topological polar surface area (TPSA) is 47.3 Å². The molecule has 0 aliphatic carbocycles. The summed E-state index contributed by atoms with van der Waals surface area (Å²) < 4.78 is 0. The molecule has 0 spiro atoms. The number of phenols is 1. The van der Waals surface area contributed by atoms with Gasteiger partial charge >= 0.3 is 0 Å². The van der Waals surface area contributed by atoms with Crippen molar-refractivity contribution in [3.63, 3.8) is 0 Å². The summed E-state index contributed by atoms with van der Waals surface area (Å²) in [4.78, 5) is 3.44. The van der Waals surface area contributed by atoms with Crippen molar-refractivity contribution in [2.45, 2.75) is 57.3 Å². The zero-order valence-electron chi connectivity index (χ0n) is 16.9. The Kier molecular flexibility index (Phi) is 6.91. The number of unbranched alkanes of at least 4 members (excludes halogenated alkanes) is 2. The van der Waals surface area contributed by atoms with Crippen LogP contribution in [0.3, 0.4) is 0 Å². The first-order valence-corrected chi connectivity index (χ1v) is 11.3. The molecule has 2 aromatic carbocycles. The van der Waals surface area contributed by atoms with Crippen LogP contribution < -0.4 is 4.90 Å². The Hall–Kier alpha value is -2.12. The smallest absolute Gasteiger partial charge is 0.134 e. The van der Waals surface area contributed by atoms with E-state index in [-0.39, 0.29) is 11.2 Å². The summed E-state index contributed by atoms with van der Waals surface area (Å²) in [5.74, 6) is 1.13. The van der Waals surface area contributed by atoms with Gasteiger partial charge in [-0.3, -0.25) is 0 Å². The van der Waals surface area contributed by atoms with Crippen molar-refractivity contribution >= 4 is 23.1 Å². The van der Waals surface area contributed by atoms with Gasteiger partial charge in [-0.1, -0.05) is 57.7 Å². The molecule has 148 valence electrons. The highest BCUT2D eigenvalue weighted by molar-refractivity contribution is 7.99. The second-order valence-corrected chi connectivity index (χ2v) is 8.88. The van der Waals surface area contributed by atoms with Gasteiger partial charge in [-0.2, -0.15) is 5.26 Å². The number of rotatable bonds is 7. The lowest BCUT2D eigenvalue weighted by molar-refractivity contribution is 0.274. The summed E-state index contributed by atoms with van der Waals surface area (Å²) in [6, 6.07) is 16.2. The van der Waals surface area contributed by atoms with Crippen LogP contribution in [0.15, 0.2) is 47.4 Å². The van der Waals surface area contributed by atoms with Crippen molar-refractivity contribution in [1.29, 1.82) is 5.26 Å². The van der Waals surface area contributed by atoms with E-state index in [1.165, 1.54) is 38.5 Å². The minimum absolute atomic E-state index is 0.0800. The lowest BCUT2D eigenvalue weighted by atomic mass is 9.79. The van der Waals surface area contributed by atoms with Crippen molar-refractivity contribution < 1.29 is 5.11 Å². The van der Waals surface area contributed by atoms with E-state index in [0.29, 0.717) is 5.56 Å². The number of hydrogen-bond acceptors (Lipinski definition) is 4. The molecule has 0 atom stereocenters. The fourth-order valence-electron chi connectivity index (χ4n) is 4.04. The Labute approximate surface area is 173 Å². The Morgan fingerprint density at radius 1 is 1.11 bits per heavy atom. The molecule has 28 heavy (non-hydrogen) atoms. The Bertz CT molecular complexity index is 820. The number of nitriles is 1. The maximum absolute atomic E-state index is 10.3. The first-order chi connectivity index (χ1) is 13.6. The van der Waals surface area contributed by atoms with Gasteiger partial charge < -0.3 is 10.0 Å². The van der Waals surface area contributed by atoms with Gasteiger partial charge in [-0.05, 0) is 42.5 Å². The minimum atomic E-state index is 0.0800. The number of fused-ring (bicyclic) bond motifs is 1. The highest BCUT2D eigenvalue weighted by Gasteiger charge is 2.36. The summed E-state index contributed by atoms with van der Waals surface area (Å²) in [5, 5.41) is 19.7. The standard InChI is InChI=1S/C24H30N2OS/c1-3-5-12-24(13-6-4-2)17-26(20-10-8-7-9-11-20)21-14-19(16-25)22(27)15-23(21)28-18-24/h7-11,14-15,27H,3-6,12-13,17-18H2,1-2H3. The van der Waals surface area contributed by atoms with E-state index in [2.05, 4.69) is 49.1 Å². The van der Waals surface area contributed by atoms with Crippen molar-refractivity contribution in [3.8, 4) is 11.8 Å². The molecule has 2 aromatic rings. The highest BCUT2D eigenvalue weighted by atomic mass is 32.2. The fraction of sp³-hybridized carbons (Fsp3) is 0.458. The lowest BCUT2D eigenvalue weighted by Crippen LogP contribution is -2.36. The first kappa shape index (κ1) is 20.6. The van der Waals surface area contributed by atoms with E-state index in [0.717, 1.165) is 28.6 Å². The van der Waals surface area contributed by atoms with Crippen LogP contribution in [0.1, 0.15) is 57.9 Å². The molecular weight excluding hydrogens is 364 g/mol. The van der Waals surface area contributed by atoms with Crippen LogP contribution in [-0.2, 0) is 0 Å². The van der Waals surface area contributed by atoms with Gasteiger partial charge in [0.2, 0.25) is 0 Å². The number of hydrogen-bond donors (Lipinski definition) is 1. The molecule has 3 rings (SSSR count). The van der Waals surface area contributed by atoms with Gasteiger partial charge in [0, 0.05) is 22.9 Å². The summed E-state index contributed by atoms with van der Waals surface area (Å²) in [5.41, 5.74) is 2.77. The van der Waals surface area contributed by atoms with Crippen molar-refractivity contribution in [2.75, 3.05) is 17.2 Å². The van der Waals surface area contributed by atoms with E-state index in [9.17, 15) is 10.4 Å². The van der Waals surface area contributed by atoms with Crippen LogP contribution in [0.5, 0.6) is 5.75 Å². The predicted octanol–water partition coefficient (Wildman–Crippen LogP) is 6.87. The molecule has 1 aliphatic heterocycles. The van der Waals surface area contributed by atoms with Crippen LogP contribution in [0.4, 0.5) is 11.4 Å². The van der Waals surface area contributed by atoms with Gasteiger partial charge in [0.1, 0.15) is 11.8 Å². The largest absolute Gasteiger partial charge is 0.507 e. The van der Waals surface area contributed by atoms with E-state index in [1.54, 1.807) is 6.07 Å². The van der Waals surface area contributed by atoms with E-state index in [1.807, 2.05) is 23.9 Å². The van der Waals surface area contributed by atoms with Crippen molar-refractivity contribution in [1.82, 2.24) is 0 Å². The normalized spacial score (nSPS) is 15.5. The van der Waals surface area contributed by atoms with Crippen LogP contribution in [-0.4, -0.2) is 17.4 Å². The maximum atomic E-state index is 10.3. The number of thioether (sulfide) groups is 1. The zero-order chi connectivity index (χ0) is 20.0. The van der Waals surface area contributed by atoms with Gasteiger partial charge in [-0.25, -0.2) is 0 Å². The number of para-hydroxylation sites is 1. The molecule has 1 aliphatic rings. The Morgan fingerprint density at radius 2 is 1.79 bits per heavy atom. The Balaban J connectivity index is 2.09. The first-order valence-electron chi connectivity index (χ1n) is 10.3. The average molecular weight is 395 g/mol.